The Kier molecular flexibility index (Phi) is 4.26. The van der Waals surface area contributed by atoms with Crippen molar-refractivity contribution < 1.29 is 4.79 Å². The summed E-state index contributed by atoms with van der Waals surface area (Å²) in [5, 5.41) is 8.36. The van der Waals surface area contributed by atoms with Gasteiger partial charge in [-0.2, -0.15) is 0 Å². The Balaban J connectivity index is 1.96. The maximum Gasteiger partial charge on any atom is 0.262 e. The van der Waals surface area contributed by atoms with E-state index in [0.29, 0.717) is 0 Å². The second-order valence-electron chi connectivity index (χ2n) is 3.83. The summed E-state index contributed by atoms with van der Waals surface area (Å²) >= 11 is 3.14. The average Bonchev–Trinajstić information content (AvgIpc) is 2.78. The third-order valence-corrected chi connectivity index (χ3v) is 4.51. The molecule has 0 aliphatic carbocycles. The Morgan fingerprint density at radius 1 is 1.69 bits per heavy atom. The van der Waals surface area contributed by atoms with Crippen molar-refractivity contribution in [2.75, 3.05) is 19.3 Å². The van der Waals surface area contributed by atoms with E-state index >= 15 is 0 Å². The first-order valence-corrected chi connectivity index (χ1v) is 7.55. The number of piperidine rings is 1. The minimum Gasteiger partial charge on any atom is -0.347 e. The molecule has 0 saturated carbocycles. The standard InChI is InChI=1S/C11H16N2OS2/c1-15-9-4-6-16-10(9)11(14)13-8-3-2-5-12-7-8/h4,6,8,12H,2-3,5,7H2,1H3,(H,13,14)/t8-/m0/s1. The van der Waals surface area contributed by atoms with Crippen molar-refractivity contribution in [3.8, 4) is 0 Å². The van der Waals surface area contributed by atoms with Crippen LogP contribution in [0.4, 0.5) is 0 Å². The predicted octanol–water partition coefficient (Wildman–Crippen LogP) is 1.95. The Morgan fingerprint density at radius 3 is 3.25 bits per heavy atom. The highest BCUT2D eigenvalue weighted by molar-refractivity contribution is 7.98. The van der Waals surface area contributed by atoms with Crippen LogP contribution in [0.3, 0.4) is 0 Å². The molecule has 5 heteroatoms. The molecule has 2 heterocycles. The molecule has 0 unspecified atom stereocenters. The molecule has 1 aromatic rings. The highest BCUT2D eigenvalue weighted by Crippen LogP contribution is 2.25. The van der Waals surface area contributed by atoms with Crippen LogP contribution in [-0.2, 0) is 0 Å². The van der Waals surface area contributed by atoms with Crippen molar-refractivity contribution >= 4 is 29.0 Å². The fourth-order valence-corrected chi connectivity index (χ4v) is 3.50. The summed E-state index contributed by atoms with van der Waals surface area (Å²) in [5.41, 5.74) is 0. The molecule has 1 atom stereocenters. The Hall–Kier alpha value is -0.520. The summed E-state index contributed by atoms with van der Waals surface area (Å²) in [4.78, 5) is 13.9. The van der Waals surface area contributed by atoms with E-state index in [9.17, 15) is 4.79 Å². The summed E-state index contributed by atoms with van der Waals surface area (Å²) in [7, 11) is 0. The van der Waals surface area contributed by atoms with Crippen LogP contribution in [-0.4, -0.2) is 31.3 Å². The van der Waals surface area contributed by atoms with E-state index in [-0.39, 0.29) is 11.9 Å². The van der Waals surface area contributed by atoms with Gasteiger partial charge in [-0.05, 0) is 37.1 Å². The highest BCUT2D eigenvalue weighted by atomic mass is 32.2. The molecule has 1 aliphatic rings. The molecule has 88 valence electrons. The van der Waals surface area contributed by atoms with Crippen molar-refractivity contribution in [2.45, 2.75) is 23.8 Å². The maximum absolute atomic E-state index is 12.0. The fraction of sp³-hybridized carbons (Fsp3) is 0.545. The van der Waals surface area contributed by atoms with E-state index in [1.807, 2.05) is 17.7 Å². The number of carbonyl (C=O) groups excluding carboxylic acids is 1. The number of carbonyl (C=O) groups is 1. The van der Waals surface area contributed by atoms with E-state index in [1.165, 1.54) is 11.3 Å². The zero-order chi connectivity index (χ0) is 11.4. The SMILES string of the molecule is CSc1ccsc1C(=O)N[C@H]1CCCNC1. The molecule has 0 spiro atoms. The van der Waals surface area contributed by atoms with Gasteiger partial charge in [-0.1, -0.05) is 0 Å². The normalized spacial score (nSPS) is 20.7. The van der Waals surface area contributed by atoms with E-state index < -0.39 is 0 Å². The molecule has 1 aliphatic heterocycles. The predicted molar refractivity (Wildman–Crippen MR) is 69.5 cm³/mol. The van der Waals surface area contributed by atoms with Gasteiger partial charge in [-0.15, -0.1) is 23.1 Å². The van der Waals surface area contributed by atoms with Gasteiger partial charge in [0, 0.05) is 17.5 Å². The van der Waals surface area contributed by atoms with Gasteiger partial charge in [0.15, 0.2) is 0 Å². The van der Waals surface area contributed by atoms with Gasteiger partial charge in [0.2, 0.25) is 0 Å². The summed E-state index contributed by atoms with van der Waals surface area (Å²) in [6.45, 7) is 1.97. The number of nitrogens with one attached hydrogen (secondary N) is 2. The van der Waals surface area contributed by atoms with E-state index in [2.05, 4.69) is 10.6 Å². The van der Waals surface area contributed by atoms with Crippen LogP contribution in [0.1, 0.15) is 22.5 Å². The van der Waals surface area contributed by atoms with Gasteiger partial charge < -0.3 is 10.6 Å². The smallest absolute Gasteiger partial charge is 0.262 e. The van der Waals surface area contributed by atoms with Crippen molar-refractivity contribution in [1.29, 1.82) is 0 Å². The van der Waals surface area contributed by atoms with Crippen molar-refractivity contribution in [3.05, 3.63) is 16.3 Å². The summed E-state index contributed by atoms with van der Waals surface area (Å²) in [6.07, 6.45) is 4.23. The lowest BCUT2D eigenvalue weighted by atomic mass is 10.1. The maximum atomic E-state index is 12.0. The van der Waals surface area contributed by atoms with Crippen molar-refractivity contribution in [1.82, 2.24) is 10.6 Å². The molecule has 1 amide bonds. The zero-order valence-corrected chi connectivity index (χ0v) is 10.9. The highest BCUT2D eigenvalue weighted by Gasteiger charge is 2.18. The van der Waals surface area contributed by atoms with Crippen LogP contribution >= 0.6 is 23.1 Å². The van der Waals surface area contributed by atoms with Gasteiger partial charge >= 0.3 is 0 Å². The number of hydrogen-bond acceptors (Lipinski definition) is 4. The molecule has 0 radical (unpaired) electrons. The molecule has 0 aromatic carbocycles. The van der Waals surface area contributed by atoms with Crippen molar-refractivity contribution in [2.24, 2.45) is 0 Å². The van der Waals surface area contributed by atoms with Crippen LogP contribution in [0.5, 0.6) is 0 Å². The first-order valence-electron chi connectivity index (χ1n) is 5.44. The van der Waals surface area contributed by atoms with Gasteiger partial charge in [0.05, 0.1) is 0 Å². The van der Waals surface area contributed by atoms with Crippen LogP contribution in [0.2, 0.25) is 0 Å². The minimum absolute atomic E-state index is 0.0769. The summed E-state index contributed by atoms with van der Waals surface area (Å²) < 4.78 is 0. The summed E-state index contributed by atoms with van der Waals surface area (Å²) in [5.74, 6) is 0.0769. The largest absolute Gasteiger partial charge is 0.347 e. The van der Waals surface area contributed by atoms with Crippen LogP contribution in [0, 0.1) is 0 Å². The third kappa shape index (κ3) is 2.78. The third-order valence-electron chi connectivity index (χ3n) is 2.69. The summed E-state index contributed by atoms with van der Waals surface area (Å²) in [6, 6.07) is 2.29. The first kappa shape index (κ1) is 12.0. The molecule has 1 saturated heterocycles. The number of thioether (sulfide) groups is 1. The number of hydrogen-bond donors (Lipinski definition) is 2. The number of rotatable bonds is 3. The monoisotopic (exact) mass is 256 g/mol. The topological polar surface area (TPSA) is 41.1 Å². The zero-order valence-electron chi connectivity index (χ0n) is 9.29. The lowest BCUT2D eigenvalue weighted by molar-refractivity contribution is 0.0932. The fourth-order valence-electron chi connectivity index (χ4n) is 1.85. The second kappa shape index (κ2) is 5.70. The Labute approximate surface area is 104 Å². The molecule has 1 fully saturated rings. The van der Waals surface area contributed by atoms with Crippen LogP contribution in [0.25, 0.3) is 0 Å². The molecule has 2 rings (SSSR count). The quantitative estimate of drug-likeness (QED) is 0.812. The molecular weight excluding hydrogens is 240 g/mol. The number of thiophene rings is 1. The Morgan fingerprint density at radius 2 is 2.56 bits per heavy atom. The number of amides is 1. The van der Waals surface area contributed by atoms with E-state index in [1.54, 1.807) is 11.8 Å². The molecule has 1 aromatic heterocycles. The van der Waals surface area contributed by atoms with Crippen LogP contribution < -0.4 is 10.6 Å². The average molecular weight is 256 g/mol. The van der Waals surface area contributed by atoms with Crippen LogP contribution in [0.15, 0.2) is 16.3 Å². The molecule has 0 bridgehead atoms. The van der Waals surface area contributed by atoms with Gasteiger partial charge in [-0.3, -0.25) is 4.79 Å². The Bertz CT molecular complexity index is 359. The second-order valence-corrected chi connectivity index (χ2v) is 5.60. The van der Waals surface area contributed by atoms with E-state index in [0.717, 1.165) is 35.7 Å². The lowest BCUT2D eigenvalue weighted by Crippen LogP contribution is -2.45. The molecule has 16 heavy (non-hydrogen) atoms. The minimum atomic E-state index is 0.0769. The lowest BCUT2D eigenvalue weighted by Gasteiger charge is -2.23. The molecule has 2 N–H and O–H groups in total. The van der Waals surface area contributed by atoms with E-state index in [4.69, 9.17) is 0 Å². The van der Waals surface area contributed by atoms with Gasteiger partial charge in [-0.25, -0.2) is 0 Å². The van der Waals surface area contributed by atoms with Crippen molar-refractivity contribution in [3.63, 3.8) is 0 Å². The molecular formula is C11H16N2OS2. The van der Waals surface area contributed by atoms with Gasteiger partial charge in [0.1, 0.15) is 4.88 Å². The first-order chi connectivity index (χ1) is 7.81. The van der Waals surface area contributed by atoms with Gasteiger partial charge in [0.25, 0.3) is 5.91 Å². The molecule has 3 nitrogen and oxygen atoms in total.